The first-order valence-corrected chi connectivity index (χ1v) is 10.6. The van der Waals surface area contributed by atoms with E-state index in [1.807, 2.05) is 24.4 Å². The van der Waals surface area contributed by atoms with Crippen LogP contribution in [0.3, 0.4) is 0 Å². The van der Waals surface area contributed by atoms with E-state index in [4.69, 9.17) is 0 Å². The van der Waals surface area contributed by atoms with Crippen LogP contribution < -0.4 is 10.9 Å². The molecule has 2 aromatic rings. The second-order valence-corrected chi connectivity index (χ2v) is 7.98. The molecule has 0 radical (unpaired) electrons. The monoisotopic (exact) mass is 381 g/mol. The van der Waals surface area contributed by atoms with Crippen molar-refractivity contribution >= 4 is 5.91 Å². The molecule has 4 rings (SSSR count). The Balaban J connectivity index is 1.46. The summed E-state index contributed by atoms with van der Waals surface area (Å²) in [6.45, 7) is 5.53. The molecule has 0 saturated carbocycles. The number of rotatable bonds is 6. The molecule has 1 amide bonds. The van der Waals surface area contributed by atoms with E-state index in [-0.39, 0.29) is 17.9 Å². The number of carbonyl (C=O) groups excluding carboxylic acids is 1. The fourth-order valence-corrected chi connectivity index (χ4v) is 4.52. The summed E-state index contributed by atoms with van der Waals surface area (Å²) in [5, 5.41) is 0. The van der Waals surface area contributed by atoms with E-state index < -0.39 is 0 Å². The molecular formula is C22H31N5O. The summed E-state index contributed by atoms with van der Waals surface area (Å²) in [6.07, 6.45) is 8.48. The Morgan fingerprint density at radius 3 is 2.96 bits per heavy atom. The van der Waals surface area contributed by atoms with E-state index in [2.05, 4.69) is 50.6 Å². The Morgan fingerprint density at radius 1 is 1.29 bits per heavy atom. The molecule has 2 N–H and O–H groups in total. The van der Waals surface area contributed by atoms with Crippen molar-refractivity contribution in [2.45, 2.75) is 51.1 Å². The number of amides is 1. The summed E-state index contributed by atoms with van der Waals surface area (Å²) in [5.41, 5.74) is 7.66. The third kappa shape index (κ3) is 3.98. The van der Waals surface area contributed by atoms with Crippen molar-refractivity contribution in [2.75, 3.05) is 19.6 Å². The molecule has 3 atom stereocenters. The van der Waals surface area contributed by atoms with Crippen molar-refractivity contribution in [1.82, 2.24) is 25.3 Å². The molecule has 1 aromatic carbocycles. The normalized spacial score (nSPS) is 25.2. The van der Waals surface area contributed by atoms with Crippen LogP contribution in [0.1, 0.15) is 56.0 Å². The van der Waals surface area contributed by atoms with Gasteiger partial charge >= 0.3 is 0 Å². The minimum absolute atomic E-state index is 0.0283. The highest BCUT2D eigenvalue weighted by atomic mass is 16.2. The van der Waals surface area contributed by atoms with Gasteiger partial charge in [0.25, 0.3) is 0 Å². The summed E-state index contributed by atoms with van der Waals surface area (Å²) >= 11 is 0. The topological polar surface area (TPSA) is 62.2 Å². The van der Waals surface area contributed by atoms with Crippen molar-refractivity contribution < 1.29 is 4.79 Å². The number of hydrazine groups is 1. The van der Waals surface area contributed by atoms with Gasteiger partial charge in [-0.05, 0) is 24.8 Å². The van der Waals surface area contributed by atoms with Crippen LogP contribution in [0, 0.1) is 5.92 Å². The molecule has 0 bridgehead atoms. The molecule has 3 heterocycles. The first kappa shape index (κ1) is 19.2. The molecule has 6 nitrogen and oxygen atoms in total. The van der Waals surface area contributed by atoms with Gasteiger partial charge in [-0.25, -0.2) is 10.4 Å². The van der Waals surface area contributed by atoms with E-state index in [9.17, 15) is 4.79 Å². The molecule has 0 aliphatic carbocycles. The maximum Gasteiger partial charge on any atom is 0.229 e. The van der Waals surface area contributed by atoms with Crippen LogP contribution in [0.15, 0.2) is 42.7 Å². The first-order valence-electron chi connectivity index (χ1n) is 10.6. The minimum atomic E-state index is -0.0685. The van der Waals surface area contributed by atoms with Crippen molar-refractivity contribution in [3.8, 4) is 0 Å². The number of imidazole rings is 1. The molecule has 1 aromatic heterocycles. The first-order chi connectivity index (χ1) is 13.8. The lowest BCUT2D eigenvalue weighted by atomic mass is 9.91. The van der Waals surface area contributed by atoms with Crippen molar-refractivity contribution in [3.63, 3.8) is 0 Å². The van der Waals surface area contributed by atoms with Crippen LogP contribution in [0.4, 0.5) is 0 Å². The maximum absolute atomic E-state index is 13.4. The quantitative estimate of drug-likeness (QED) is 0.808. The summed E-state index contributed by atoms with van der Waals surface area (Å²) in [6, 6.07) is 10.3. The number of carbonyl (C=O) groups is 1. The number of likely N-dealkylation sites (tertiary alicyclic amines) is 1. The molecule has 6 heteroatoms. The van der Waals surface area contributed by atoms with Gasteiger partial charge in [0.05, 0.1) is 12.0 Å². The zero-order chi connectivity index (χ0) is 19.3. The molecule has 2 saturated heterocycles. The molecule has 2 aliphatic rings. The van der Waals surface area contributed by atoms with Gasteiger partial charge in [0.1, 0.15) is 5.82 Å². The zero-order valence-electron chi connectivity index (χ0n) is 16.7. The van der Waals surface area contributed by atoms with Crippen molar-refractivity contribution in [1.29, 1.82) is 0 Å². The number of hydrogen-bond acceptors (Lipinski definition) is 4. The summed E-state index contributed by atoms with van der Waals surface area (Å²) < 4.78 is 2.29. The Hall–Kier alpha value is -2.18. The lowest BCUT2D eigenvalue weighted by Gasteiger charge is -2.35. The molecular weight excluding hydrogens is 350 g/mol. The number of unbranched alkanes of at least 4 members (excludes halogenated alkanes) is 1. The number of nitrogens with one attached hydrogen (secondary N) is 2. The zero-order valence-corrected chi connectivity index (χ0v) is 16.7. The number of aryl methyl sites for hydroxylation is 1. The number of aromatic nitrogens is 2. The lowest BCUT2D eigenvalue weighted by Crippen LogP contribution is -2.44. The van der Waals surface area contributed by atoms with Crippen LogP contribution in [0.5, 0.6) is 0 Å². The molecule has 2 aliphatic heterocycles. The molecule has 150 valence electrons. The van der Waals surface area contributed by atoms with Crippen LogP contribution in [0.2, 0.25) is 0 Å². The van der Waals surface area contributed by atoms with Crippen LogP contribution in [-0.4, -0.2) is 40.0 Å². The maximum atomic E-state index is 13.4. The third-order valence-corrected chi connectivity index (χ3v) is 6.06. The Labute approximate surface area is 167 Å². The Kier molecular flexibility index (Phi) is 6.07. The predicted molar refractivity (Wildman–Crippen MR) is 110 cm³/mol. The third-order valence-electron chi connectivity index (χ3n) is 6.06. The van der Waals surface area contributed by atoms with E-state index in [1.54, 1.807) is 0 Å². The summed E-state index contributed by atoms with van der Waals surface area (Å²) in [4.78, 5) is 20.1. The number of benzene rings is 1. The number of nitrogens with zero attached hydrogens (tertiary/aromatic N) is 3. The van der Waals surface area contributed by atoms with Crippen LogP contribution in [0.25, 0.3) is 0 Å². The standard InChI is InChI=1S/C22H31N5O/c1-2-3-12-26-14-11-23-21(26)18-10-7-13-27(16-18)22(28)19-15-24-25-20(19)17-8-5-4-6-9-17/h4-6,8-9,11,14,18-20,24-25H,2-3,7,10,12-13,15-16H2,1H3. The molecule has 0 spiro atoms. The highest BCUT2D eigenvalue weighted by molar-refractivity contribution is 5.80. The number of piperidine rings is 1. The SMILES string of the molecule is CCCCn1ccnc1C1CCCN(C(=O)C2CNNC2c2ccccc2)C1. The van der Waals surface area contributed by atoms with E-state index in [0.717, 1.165) is 50.3 Å². The van der Waals surface area contributed by atoms with Gasteiger partial charge in [0.15, 0.2) is 0 Å². The average molecular weight is 382 g/mol. The van der Waals surface area contributed by atoms with Crippen molar-refractivity contribution in [2.24, 2.45) is 5.92 Å². The Morgan fingerprint density at radius 2 is 2.14 bits per heavy atom. The number of hydrogen-bond donors (Lipinski definition) is 2. The van der Waals surface area contributed by atoms with E-state index in [1.165, 1.54) is 6.42 Å². The second kappa shape index (κ2) is 8.88. The largest absolute Gasteiger partial charge is 0.342 e. The Bertz CT molecular complexity index is 774. The summed E-state index contributed by atoms with van der Waals surface area (Å²) in [7, 11) is 0. The summed E-state index contributed by atoms with van der Waals surface area (Å²) in [5.74, 6) is 1.67. The molecule has 2 fully saturated rings. The lowest BCUT2D eigenvalue weighted by molar-refractivity contribution is -0.136. The van der Waals surface area contributed by atoms with E-state index in [0.29, 0.717) is 12.5 Å². The van der Waals surface area contributed by atoms with Gasteiger partial charge in [-0.3, -0.25) is 10.2 Å². The van der Waals surface area contributed by atoms with Gasteiger partial charge in [0.2, 0.25) is 5.91 Å². The van der Waals surface area contributed by atoms with Gasteiger partial charge in [0, 0.05) is 44.5 Å². The van der Waals surface area contributed by atoms with Crippen molar-refractivity contribution in [3.05, 3.63) is 54.1 Å². The van der Waals surface area contributed by atoms with Gasteiger partial charge in [-0.1, -0.05) is 43.7 Å². The smallest absolute Gasteiger partial charge is 0.229 e. The minimum Gasteiger partial charge on any atom is -0.342 e. The van der Waals surface area contributed by atoms with E-state index >= 15 is 0 Å². The van der Waals surface area contributed by atoms with Gasteiger partial charge < -0.3 is 9.47 Å². The molecule has 28 heavy (non-hydrogen) atoms. The highest BCUT2D eigenvalue weighted by Crippen LogP contribution is 2.31. The molecule has 3 unspecified atom stereocenters. The second-order valence-electron chi connectivity index (χ2n) is 7.98. The van der Waals surface area contributed by atoms with Crippen LogP contribution in [-0.2, 0) is 11.3 Å². The average Bonchev–Trinajstić information content (AvgIpc) is 3.42. The fourth-order valence-electron chi connectivity index (χ4n) is 4.52. The predicted octanol–water partition coefficient (Wildman–Crippen LogP) is 2.85. The fraction of sp³-hybridized carbons (Fsp3) is 0.545. The van der Waals surface area contributed by atoms with Gasteiger partial charge in [-0.2, -0.15) is 0 Å². The van der Waals surface area contributed by atoms with Crippen LogP contribution >= 0.6 is 0 Å². The highest BCUT2D eigenvalue weighted by Gasteiger charge is 2.38. The van der Waals surface area contributed by atoms with Gasteiger partial charge in [-0.15, -0.1) is 0 Å².